The lowest BCUT2D eigenvalue weighted by molar-refractivity contribution is 0.508. The summed E-state index contributed by atoms with van der Waals surface area (Å²) in [4.78, 5) is 0. The van der Waals surface area contributed by atoms with E-state index >= 15 is 0 Å². The van der Waals surface area contributed by atoms with Crippen LogP contribution in [0.5, 0.6) is 0 Å². The van der Waals surface area contributed by atoms with Crippen LogP contribution < -0.4 is 5.32 Å². The first-order valence-corrected chi connectivity index (χ1v) is 6.33. The van der Waals surface area contributed by atoms with E-state index in [1.165, 1.54) is 0 Å². The molecule has 0 saturated carbocycles. The van der Waals surface area contributed by atoms with Crippen molar-refractivity contribution in [3.8, 4) is 0 Å². The van der Waals surface area contributed by atoms with Gasteiger partial charge in [0.25, 0.3) is 0 Å². The van der Waals surface area contributed by atoms with Crippen LogP contribution in [0.1, 0.15) is 31.3 Å². The maximum atomic E-state index is 6.20. The van der Waals surface area contributed by atoms with Crippen molar-refractivity contribution in [3.05, 3.63) is 40.7 Å². The molecule has 96 valence electrons. The number of nitrogens with zero attached hydrogens (tertiary/aromatic N) is 4. The molecule has 0 radical (unpaired) electrons. The van der Waals surface area contributed by atoms with Gasteiger partial charge in [0, 0.05) is 5.02 Å². The van der Waals surface area contributed by atoms with Crippen molar-refractivity contribution < 1.29 is 0 Å². The lowest BCUT2D eigenvalue weighted by Crippen LogP contribution is -2.19. The minimum absolute atomic E-state index is 0.0161. The molecule has 0 saturated heterocycles. The van der Waals surface area contributed by atoms with E-state index in [9.17, 15) is 0 Å². The van der Waals surface area contributed by atoms with Gasteiger partial charge >= 0.3 is 0 Å². The van der Waals surface area contributed by atoms with Gasteiger partial charge in [0.2, 0.25) is 0 Å². The van der Waals surface area contributed by atoms with Gasteiger partial charge in [0.15, 0.2) is 5.82 Å². The molecule has 6 heteroatoms. The molecule has 18 heavy (non-hydrogen) atoms. The van der Waals surface area contributed by atoms with Crippen molar-refractivity contribution in [1.29, 1.82) is 0 Å². The maximum Gasteiger partial charge on any atom is 0.165 e. The van der Waals surface area contributed by atoms with Gasteiger partial charge in [-0.25, -0.2) is 4.68 Å². The predicted octanol–water partition coefficient (Wildman–Crippen LogP) is 2.05. The molecule has 1 N–H and O–H groups in total. The topological polar surface area (TPSA) is 55.6 Å². The van der Waals surface area contributed by atoms with E-state index in [0.29, 0.717) is 6.54 Å². The first-order valence-electron chi connectivity index (χ1n) is 5.96. The summed E-state index contributed by atoms with van der Waals surface area (Å²) >= 11 is 6.20. The van der Waals surface area contributed by atoms with Crippen LogP contribution in [0.25, 0.3) is 0 Å². The normalized spacial score (nSPS) is 12.6. The Balaban J connectivity index is 2.26. The minimum atomic E-state index is 0.0161. The van der Waals surface area contributed by atoms with E-state index in [1.54, 1.807) is 4.68 Å². The molecule has 0 aliphatic carbocycles. The summed E-state index contributed by atoms with van der Waals surface area (Å²) < 4.78 is 1.80. The predicted molar refractivity (Wildman–Crippen MR) is 70.5 cm³/mol. The molecule has 1 atom stereocenters. The molecule has 1 unspecified atom stereocenters. The zero-order valence-electron chi connectivity index (χ0n) is 10.5. The summed E-state index contributed by atoms with van der Waals surface area (Å²) in [6.45, 7) is 5.62. The second-order valence-electron chi connectivity index (χ2n) is 4.02. The maximum absolute atomic E-state index is 6.20. The number of tetrazole rings is 1. The van der Waals surface area contributed by atoms with E-state index < -0.39 is 0 Å². The Labute approximate surface area is 111 Å². The third kappa shape index (κ3) is 2.68. The van der Waals surface area contributed by atoms with E-state index in [0.717, 1.165) is 23.0 Å². The summed E-state index contributed by atoms with van der Waals surface area (Å²) in [7, 11) is 0. The lowest BCUT2D eigenvalue weighted by atomic mass is 10.1. The molecule has 0 aliphatic rings. The number of aromatic nitrogens is 4. The van der Waals surface area contributed by atoms with E-state index in [2.05, 4.69) is 20.8 Å². The highest BCUT2D eigenvalue weighted by Crippen LogP contribution is 2.25. The van der Waals surface area contributed by atoms with Gasteiger partial charge in [-0.05, 0) is 35.5 Å². The third-order valence-electron chi connectivity index (χ3n) is 2.82. The number of nitrogens with one attached hydrogen (secondary N) is 1. The van der Waals surface area contributed by atoms with Crippen molar-refractivity contribution in [2.24, 2.45) is 0 Å². The molecule has 0 aliphatic heterocycles. The van der Waals surface area contributed by atoms with Crippen molar-refractivity contribution in [1.82, 2.24) is 25.5 Å². The van der Waals surface area contributed by atoms with Crippen molar-refractivity contribution >= 4 is 11.6 Å². The molecule has 0 spiro atoms. The van der Waals surface area contributed by atoms with Crippen LogP contribution in [-0.2, 0) is 6.54 Å². The minimum Gasteiger partial charge on any atom is -0.310 e. The van der Waals surface area contributed by atoms with Crippen LogP contribution in [0.4, 0.5) is 0 Å². The average molecular weight is 266 g/mol. The largest absolute Gasteiger partial charge is 0.310 e. The molecular formula is C12H16ClN5. The first kappa shape index (κ1) is 13.0. The first-order chi connectivity index (χ1) is 8.74. The van der Waals surface area contributed by atoms with Gasteiger partial charge in [-0.3, -0.25) is 0 Å². The molecule has 0 amide bonds. The summed E-state index contributed by atoms with van der Waals surface area (Å²) in [5.41, 5.74) is 1.02. The Kier molecular flexibility index (Phi) is 4.28. The summed E-state index contributed by atoms with van der Waals surface area (Å²) in [6.07, 6.45) is 0. The fraction of sp³-hybridized carbons (Fsp3) is 0.417. The zero-order chi connectivity index (χ0) is 13.0. The summed E-state index contributed by atoms with van der Waals surface area (Å²) in [5, 5.41) is 15.7. The highest BCUT2D eigenvalue weighted by molar-refractivity contribution is 6.31. The highest BCUT2D eigenvalue weighted by Gasteiger charge is 2.16. The lowest BCUT2D eigenvalue weighted by Gasteiger charge is -2.15. The Bertz CT molecular complexity index is 511. The molecule has 0 bridgehead atoms. The smallest absolute Gasteiger partial charge is 0.165 e. The van der Waals surface area contributed by atoms with Crippen molar-refractivity contribution in [2.45, 2.75) is 26.4 Å². The van der Waals surface area contributed by atoms with Crippen LogP contribution in [0.2, 0.25) is 5.02 Å². The number of hydrogen-bond donors (Lipinski definition) is 1. The molecule has 2 aromatic rings. The second kappa shape index (κ2) is 5.93. The number of benzene rings is 1. The summed E-state index contributed by atoms with van der Waals surface area (Å²) in [5.74, 6) is 0.810. The summed E-state index contributed by atoms with van der Waals surface area (Å²) in [6, 6.07) is 7.76. The molecule has 1 aromatic carbocycles. The monoisotopic (exact) mass is 265 g/mol. The Morgan fingerprint density at radius 3 is 2.89 bits per heavy atom. The van der Waals surface area contributed by atoms with E-state index in [-0.39, 0.29) is 6.04 Å². The number of halogens is 1. The quantitative estimate of drug-likeness (QED) is 0.899. The average Bonchev–Trinajstić information content (AvgIpc) is 2.84. The van der Waals surface area contributed by atoms with Gasteiger partial charge in [-0.1, -0.05) is 36.7 Å². The van der Waals surface area contributed by atoms with Gasteiger partial charge in [0.1, 0.15) is 0 Å². The van der Waals surface area contributed by atoms with Crippen LogP contribution in [0.3, 0.4) is 0 Å². The Morgan fingerprint density at radius 2 is 2.17 bits per heavy atom. The Hall–Kier alpha value is -1.46. The van der Waals surface area contributed by atoms with Gasteiger partial charge in [-0.2, -0.15) is 0 Å². The van der Waals surface area contributed by atoms with Crippen LogP contribution in [0.15, 0.2) is 24.3 Å². The fourth-order valence-corrected chi connectivity index (χ4v) is 2.11. The molecule has 1 heterocycles. The molecule has 5 nitrogen and oxygen atoms in total. The van der Waals surface area contributed by atoms with Crippen molar-refractivity contribution in [3.63, 3.8) is 0 Å². The van der Waals surface area contributed by atoms with Gasteiger partial charge in [-0.15, -0.1) is 5.10 Å². The van der Waals surface area contributed by atoms with E-state index in [4.69, 9.17) is 11.6 Å². The third-order valence-corrected chi connectivity index (χ3v) is 3.16. The number of rotatable bonds is 5. The highest BCUT2D eigenvalue weighted by atomic mass is 35.5. The fourth-order valence-electron chi connectivity index (χ4n) is 1.81. The second-order valence-corrected chi connectivity index (χ2v) is 4.42. The van der Waals surface area contributed by atoms with E-state index in [1.807, 2.05) is 38.1 Å². The SMILES string of the molecule is CCNCc1nnnn1C(C)c1ccccc1Cl. The zero-order valence-corrected chi connectivity index (χ0v) is 11.2. The van der Waals surface area contributed by atoms with Crippen LogP contribution >= 0.6 is 11.6 Å². The van der Waals surface area contributed by atoms with Crippen molar-refractivity contribution in [2.75, 3.05) is 6.54 Å². The van der Waals surface area contributed by atoms with Gasteiger partial charge in [0.05, 0.1) is 12.6 Å². The number of hydrogen-bond acceptors (Lipinski definition) is 4. The van der Waals surface area contributed by atoms with Gasteiger partial charge < -0.3 is 5.32 Å². The standard InChI is InChI=1S/C12H16ClN5/c1-3-14-8-12-15-16-17-18(12)9(2)10-6-4-5-7-11(10)13/h4-7,9,14H,3,8H2,1-2H3. The molecule has 2 rings (SSSR count). The molecule has 1 aromatic heterocycles. The molecular weight excluding hydrogens is 250 g/mol. The van der Waals surface area contributed by atoms with Crippen LogP contribution in [-0.4, -0.2) is 26.8 Å². The molecule has 0 fully saturated rings. The van der Waals surface area contributed by atoms with Crippen LogP contribution in [0, 0.1) is 0 Å². The Morgan fingerprint density at radius 1 is 1.39 bits per heavy atom.